The first-order valence-corrected chi connectivity index (χ1v) is 8.90. The molecule has 2 saturated heterocycles. The molecule has 4 heteroatoms. The molecule has 2 atom stereocenters. The summed E-state index contributed by atoms with van der Waals surface area (Å²) in [5, 5.41) is 0. The van der Waals surface area contributed by atoms with Crippen LogP contribution in [0.4, 0.5) is 0 Å². The van der Waals surface area contributed by atoms with E-state index < -0.39 is 0 Å². The molecule has 2 aliphatic heterocycles. The fourth-order valence-electron chi connectivity index (χ4n) is 4.54. The second-order valence-electron chi connectivity index (χ2n) is 7.64. The van der Waals surface area contributed by atoms with Gasteiger partial charge in [-0.3, -0.25) is 9.69 Å². The predicted molar refractivity (Wildman–Crippen MR) is 85.0 cm³/mol. The summed E-state index contributed by atoms with van der Waals surface area (Å²) in [5.74, 6) is 0.303. The molecule has 0 aromatic heterocycles. The highest BCUT2D eigenvalue weighted by Crippen LogP contribution is 2.31. The van der Waals surface area contributed by atoms with Crippen molar-refractivity contribution >= 4 is 5.91 Å². The van der Waals surface area contributed by atoms with E-state index in [-0.39, 0.29) is 5.54 Å². The van der Waals surface area contributed by atoms with E-state index in [0.29, 0.717) is 24.4 Å². The summed E-state index contributed by atoms with van der Waals surface area (Å²) in [4.78, 5) is 17.5. The number of carbonyl (C=O) groups is 1. The fourth-order valence-corrected chi connectivity index (χ4v) is 4.54. The topological polar surface area (TPSA) is 49.6 Å². The van der Waals surface area contributed by atoms with Crippen molar-refractivity contribution in [3.05, 3.63) is 0 Å². The normalized spacial score (nSPS) is 33.5. The van der Waals surface area contributed by atoms with Gasteiger partial charge in [0.25, 0.3) is 0 Å². The van der Waals surface area contributed by atoms with E-state index in [1.54, 1.807) is 0 Å². The van der Waals surface area contributed by atoms with Crippen molar-refractivity contribution in [3.8, 4) is 0 Å². The van der Waals surface area contributed by atoms with Crippen molar-refractivity contribution in [1.29, 1.82) is 0 Å². The van der Waals surface area contributed by atoms with Crippen LogP contribution in [0, 0.1) is 0 Å². The van der Waals surface area contributed by atoms with E-state index in [1.807, 2.05) is 0 Å². The Balaban J connectivity index is 1.61. The lowest BCUT2D eigenvalue weighted by Gasteiger charge is -2.48. The summed E-state index contributed by atoms with van der Waals surface area (Å²) in [6, 6.07) is 0.943. The highest BCUT2D eigenvalue weighted by atomic mass is 16.2. The zero-order valence-electron chi connectivity index (χ0n) is 13.5. The molecule has 3 aliphatic rings. The number of rotatable bonds is 2. The lowest BCUT2D eigenvalue weighted by molar-refractivity contribution is -0.139. The van der Waals surface area contributed by atoms with Crippen LogP contribution in [0.5, 0.6) is 0 Å². The van der Waals surface area contributed by atoms with Crippen molar-refractivity contribution in [2.75, 3.05) is 19.6 Å². The van der Waals surface area contributed by atoms with Gasteiger partial charge in [0.1, 0.15) is 0 Å². The number of amides is 1. The summed E-state index contributed by atoms with van der Waals surface area (Å²) in [5.41, 5.74) is 6.26. The average Bonchev–Trinajstić information content (AvgIpc) is 2.46. The maximum atomic E-state index is 12.8. The number of hydrogen-bond donors (Lipinski definition) is 1. The van der Waals surface area contributed by atoms with Crippen molar-refractivity contribution in [1.82, 2.24) is 9.80 Å². The number of nitrogens with zero attached hydrogens (tertiary/aromatic N) is 2. The number of piperazine rings is 1. The monoisotopic (exact) mass is 293 g/mol. The molecule has 21 heavy (non-hydrogen) atoms. The van der Waals surface area contributed by atoms with E-state index in [1.165, 1.54) is 45.1 Å². The first-order valence-electron chi connectivity index (χ1n) is 8.90. The van der Waals surface area contributed by atoms with Gasteiger partial charge in [0.15, 0.2) is 0 Å². The number of piperidine rings is 1. The van der Waals surface area contributed by atoms with Gasteiger partial charge in [0.2, 0.25) is 5.91 Å². The molecule has 2 unspecified atom stereocenters. The molecule has 3 fully saturated rings. The molecule has 1 saturated carbocycles. The third-order valence-corrected chi connectivity index (χ3v) is 5.86. The van der Waals surface area contributed by atoms with Crippen molar-refractivity contribution in [2.24, 2.45) is 5.73 Å². The molecule has 2 heterocycles. The van der Waals surface area contributed by atoms with Crippen LogP contribution in [0.3, 0.4) is 0 Å². The Morgan fingerprint density at radius 1 is 1.14 bits per heavy atom. The molecule has 0 spiro atoms. The number of fused-ring (bicyclic) bond motifs is 1. The van der Waals surface area contributed by atoms with Crippen LogP contribution in [0.2, 0.25) is 0 Å². The van der Waals surface area contributed by atoms with Gasteiger partial charge in [-0.25, -0.2) is 0 Å². The minimum Gasteiger partial charge on any atom is -0.337 e. The standard InChI is InChI=1S/C17H31N3O/c1-14-12-19-10-6-3-7-15(19)13-20(14)16(21)11-17(18)8-4-2-5-9-17/h14-15H,2-13,18H2,1H3. The Labute approximate surface area is 129 Å². The van der Waals surface area contributed by atoms with Gasteiger partial charge >= 0.3 is 0 Å². The van der Waals surface area contributed by atoms with Crippen molar-refractivity contribution in [3.63, 3.8) is 0 Å². The van der Waals surface area contributed by atoms with Gasteiger partial charge in [-0.15, -0.1) is 0 Å². The predicted octanol–water partition coefficient (Wildman–Crippen LogP) is 2.12. The van der Waals surface area contributed by atoms with Crippen molar-refractivity contribution in [2.45, 2.75) is 82.3 Å². The second kappa shape index (κ2) is 6.25. The van der Waals surface area contributed by atoms with Crippen LogP contribution in [-0.2, 0) is 4.79 Å². The zero-order chi connectivity index (χ0) is 14.9. The molecule has 0 bridgehead atoms. The molecule has 2 N–H and O–H groups in total. The average molecular weight is 293 g/mol. The third-order valence-electron chi connectivity index (χ3n) is 5.86. The minimum atomic E-state index is -0.223. The van der Waals surface area contributed by atoms with Gasteiger partial charge in [-0.2, -0.15) is 0 Å². The zero-order valence-corrected chi connectivity index (χ0v) is 13.5. The molecule has 3 rings (SSSR count). The smallest absolute Gasteiger partial charge is 0.224 e. The molecule has 0 radical (unpaired) electrons. The maximum Gasteiger partial charge on any atom is 0.224 e. The summed E-state index contributed by atoms with van der Waals surface area (Å²) >= 11 is 0. The Kier molecular flexibility index (Phi) is 4.55. The summed E-state index contributed by atoms with van der Waals surface area (Å²) in [6.45, 7) is 5.40. The maximum absolute atomic E-state index is 12.8. The van der Waals surface area contributed by atoms with Gasteiger partial charge < -0.3 is 10.6 Å². The van der Waals surface area contributed by atoms with E-state index in [0.717, 1.165) is 25.9 Å². The first-order chi connectivity index (χ1) is 10.1. The van der Waals surface area contributed by atoms with E-state index in [9.17, 15) is 4.79 Å². The van der Waals surface area contributed by atoms with Crippen LogP contribution >= 0.6 is 0 Å². The van der Waals surface area contributed by atoms with Gasteiger partial charge in [0, 0.05) is 37.1 Å². The molecular formula is C17H31N3O. The minimum absolute atomic E-state index is 0.223. The van der Waals surface area contributed by atoms with Crippen LogP contribution in [0.15, 0.2) is 0 Å². The van der Waals surface area contributed by atoms with Crippen LogP contribution in [-0.4, -0.2) is 53.0 Å². The van der Waals surface area contributed by atoms with E-state index in [4.69, 9.17) is 5.73 Å². The van der Waals surface area contributed by atoms with Gasteiger partial charge in [-0.05, 0) is 39.2 Å². The quantitative estimate of drug-likeness (QED) is 0.848. The Bertz CT molecular complexity index is 378. The fraction of sp³-hybridized carbons (Fsp3) is 0.941. The highest BCUT2D eigenvalue weighted by Gasteiger charge is 2.38. The largest absolute Gasteiger partial charge is 0.337 e. The SMILES string of the molecule is CC1CN2CCCCC2CN1C(=O)CC1(N)CCCCC1. The summed E-state index contributed by atoms with van der Waals surface area (Å²) in [6.07, 6.45) is 10.2. The first kappa shape index (κ1) is 15.3. The molecule has 0 aromatic rings. The molecule has 120 valence electrons. The summed E-state index contributed by atoms with van der Waals surface area (Å²) < 4.78 is 0. The molecule has 0 aromatic carbocycles. The summed E-state index contributed by atoms with van der Waals surface area (Å²) in [7, 11) is 0. The number of nitrogens with two attached hydrogens (primary N) is 1. The number of hydrogen-bond acceptors (Lipinski definition) is 3. The van der Waals surface area contributed by atoms with Gasteiger partial charge in [-0.1, -0.05) is 25.7 Å². The van der Waals surface area contributed by atoms with E-state index >= 15 is 0 Å². The molecular weight excluding hydrogens is 262 g/mol. The lowest BCUT2D eigenvalue weighted by Crippen LogP contribution is -2.61. The highest BCUT2D eigenvalue weighted by molar-refractivity contribution is 5.78. The van der Waals surface area contributed by atoms with Crippen LogP contribution in [0.1, 0.15) is 64.7 Å². The third kappa shape index (κ3) is 3.42. The Hall–Kier alpha value is -0.610. The second-order valence-corrected chi connectivity index (χ2v) is 7.64. The van der Waals surface area contributed by atoms with Crippen LogP contribution in [0.25, 0.3) is 0 Å². The van der Waals surface area contributed by atoms with Gasteiger partial charge in [0.05, 0.1) is 0 Å². The molecule has 1 aliphatic carbocycles. The Morgan fingerprint density at radius 3 is 2.67 bits per heavy atom. The van der Waals surface area contributed by atoms with E-state index in [2.05, 4.69) is 16.7 Å². The Morgan fingerprint density at radius 2 is 1.90 bits per heavy atom. The molecule has 1 amide bonds. The van der Waals surface area contributed by atoms with Crippen molar-refractivity contribution < 1.29 is 4.79 Å². The number of carbonyl (C=O) groups excluding carboxylic acids is 1. The lowest BCUT2D eigenvalue weighted by atomic mass is 9.79. The van der Waals surface area contributed by atoms with Crippen LogP contribution < -0.4 is 5.73 Å². The molecule has 4 nitrogen and oxygen atoms in total.